The second kappa shape index (κ2) is 12.7. The van der Waals surface area contributed by atoms with E-state index in [9.17, 15) is 18.0 Å². The number of benzene rings is 2. The molecule has 0 aliphatic carbocycles. The van der Waals surface area contributed by atoms with Crippen LogP contribution >= 0.6 is 0 Å². The Morgan fingerprint density at radius 2 is 1.60 bits per heavy atom. The number of carbonyl (C=O) groups excluding carboxylic acids is 2. The quantitative estimate of drug-likeness (QED) is 0.475. The zero-order valence-electron chi connectivity index (χ0n) is 21.7. The van der Waals surface area contributed by atoms with Crippen LogP contribution in [0.15, 0.2) is 48.5 Å². The van der Waals surface area contributed by atoms with Crippen molar-refractivity contribution in [1.82, 2.24) is 10.2 Å². The summed E-state index contributed by atoms with van der Waals surface area (Å²) in [6.45, 7) is 9.56. The first kappa shape index (κ1) is 28.4. The number of hydrogen-bond donors (Lipinski definition) is 1. The van der Waals surface area contributed by atoms with Crippen molar-refractivity contribution in [3.05, 3.63) is 65.2 Å². The molecule has 192 valence electrons. The molecule has 0 fully saturated rings. The Morgan fingerprint density at radius 1 is 0.971 bits per heavy atom. The third kappa shape index (κ3) is 7.82. The number of amides is 2. The number of sulfonamides is 1. The fourth-order valence-electron chi connectivity index (χ4n) is 3.84. The van der Waals surface area contributed by atoms with Crippen molar-refractivity contribution in [2.75, 3.05) is 17.1 Å². The Labute approximate surface area is 210 Å². The lowest BCUT2D eigenvalue weighted by molar-refractivity contribution is -0.140. The number of aryl methyl sites for hydroxylation is 2. The molecule has 0 saturated heterocycles. The van der Waals surface area contributed by atoms with E-state index in [1.807, 2.05) is 71.0 Å². The third-order valence-corrected chi connectivity index (χ3v) is 7.44. The molecular formula is C27H39N3O4S. The number of nitrogens with zero attached hydrogens (tertiary/aromatic N) is 2. The van der Waals surface area contributed by atoms with Crippen LogP contribution in [0.3, 0.4) is 0 Å². The van der Waals surface area contributed by atoms with Crippen molar-refractivity contribution in [3.63, 3.8) is 0 Å². The fraction of sp³-hybridized carbons (Fsp3) is 0.481. The van der Waals surface area contributed by atoms with Gasteiger partial charge >= 0.3 is 0 Å². The van der Waals surface area contributed by atoms with Gasteiger partial charge in [-0.1, -0.05) is 57.2 Å². The lowest BCUT2D eigenvalue weighted by Crippen LogP contribution is -2.53. The minimum atomic E-state index is -3.74. The molecule has 2 amide bonds. The van der Waals surface area contributed by atoms with E-state index < -0.39 is 22.0 Å². The lowest BCUT2D eigenvalue weighted by atomic mass is 10.1. The van der Waals surface area contributed by atoms with Crippen molar-refractivity contribution >= 4 is 27.5 Å². The minimum absolute atomic E-state index is 0.0310. The van der Waals surface area contributed by atoms with E-state index in [0.29, 0.717) is 12.1 Å². The topological polar surface area (TPSA) is 86.8 Å². The molecule has 0 aliphatic heterocycles. The van der Waals surface area contributed by atoms with E-state index in [4.69, 9.17) is 0 Å². The van der Waals surface area contributed by atoms with Crippen molar-refractivity contribution in [2.24, 2.45) is 0 Å². The Balaban J connectivity index is 2.44. The SMILES string of the molecule is CCc1ccc(N(CC(=O)N(Cc2ccccc2C)[C@@H](CC)C(=O)N[C@H](C)CC)S(C)(=O)=O)cc1. The van der Waals surface area contributed by atoms with E-state index in [1.165, 1.54) is 4.90 Å². The monoisotopic (exact) mass is 501 g/mol. The Kier molecular flexibility index (Phi) is 10.3. The van der Waals surface area contributed by atoms with Crippen LogP contribution in [0.1, 0.15) is 57.2 Å². The van der Waals surface area contributed by atoms with Gasteiger partial charge < -0.3 is 10.2 Å². The van der Waals surface area contributed by atoms with Gasteiger partial charge in [0.25, 0.3) is 0 Å². The van der Waals surface area contributed by atoms with E-state index in [-0.39, 0.29) is 25.0 Å². The van der Waals surface area contributed by atoms with Gasteiger partial charge in [0.15, 0.2) is 0 Å². The number of carbonyl (C=O) groups is 2. The van der Waals surface area contributed by atoms with Crippen molar-refractivity contribution in [2.45, 2.75) is 72.5 Å². The van der Waals surface area contributed by atoms with Gasteiger partial charge in [0.2, 0.25) is 21.8 Å². The second-order valence-electron chi connectivity index (χ2n) is 8.98. The maximum atomic E-state index is 13.7. The molecule has 1 N–H and O–H groups in total. The maximum Gasteiger partial charge on any atom is 0.244 e. The molecular weight excluding hydrogens is 462 g/mol. The molecule has 35 heavy (non-hydrogen) atoms. The molecule has 0 saturated carbocycles. The molecule has 0 aromatic heterocycles. The van der Waals surface area contributed by atoms with Crippen molar-refractivity contribution < 1.29 is 18.0 Å². The highest BCUT2D eigenvalue weighted by atomic mass is 32.2. The molecule has 0 unspecified atom stereocenters. The van der Waals surface area contributed by atoms with Gasteiger partial charge in [-0.05, 0) is 61.9 Å². The molecule has 0 heterocycles. The Morgan fingerprint density at radius 3 is 2.11 bits per heavy atom. The maximum absolute atomic E-state index is 13.7. The molecule has 0 spiro atoms. The fourth-order valence-corrected chi connectivity index (χ4v) is 4.69. The van der Waals surface area contributed by atoms with E-state index in [1.54, 1.807) is 12.1 Å². The molecule has 2 aromatic rings. The lowest BCUT2D eigenvalue weighted by Gasteiger charge is -2.33. The van der Waals surface area contributed by atoms with Gasteiger partial charge in [0, 0.05) is 12.6 Å². The van der Waals surface area contributed by atoms with Gasteiger partial charge in [-0.2, -0.15) is 0 Å². The van der Waals surface area contributed by atoms with Crippen LogP contribution in [0.5, 0.6) is 0 Å². The summed E-state index contributed by atoms with van der Waals surface area (Å²) in [5, 5.41) is 2.98. The summed E-state index contributed by atoms with van der Waals surface area (Å²) < 4.78 is 26.5. The molecule has 7 nitrogen and oxygen atoms in total. The van der Waals surface area contributed by atoms with E-state index >= 15 is 0 Å². The molecule has 0 bridgehead atoms. The molecule has 2 atom stereocenters. The van der Waals surface area contributed by atoms with E-state index in [2.05, 4.69) is 5.32 Å². The van der Waals surface area contributed by atoms with Gasteiger partial charge in [0.05, 0.1) is 11.9 Å². The summed E-state index contributed by atoms with van der Waals surface area (Å²) in [5.41, 5.74) is 3.40. The van der Waals surface area contributed by atoms with Crippen LogP contribution in [0.4, 0.5) is 5.69 Å². The highest BCUT2D eigenvalue weighted by Gasteiger charge is 2.32. The number of nitrogens with one attached hydrogen (secondary N) is 1. The smallest absolute Gasteiger partial charge is 0.244 e. The van der Waals surface area contributed by atoms with Gasteiger partial charge in [-0.3, -0.25) is 13.9 Å². The Hall–Kier alpha value is -2.87. The highest BCUT2D eigenvalue weighted by Crippen LogP contribution is 2.21. The number of hydrogen-bond acceptors (Lipinski definition) is 4. The number of rotatable bonds is 12. The second-order valence-corrected chi connectivity index (χ2v) is 10.9. The largest absolute Gasteiger partial charge is 0.352 e. The molecule has 8 heteroatoms. The molecule has 2 rings (SSSR count). The highest BCUT2D eigenvalue weighted by molar-refractivity contribution is 7.92. The zero-order valence-corrected chi connectivity index (χ0v) is 22.6. The summed E-state index contributed by atoms with van der Waals surface area (Å²) in [6.07, 6.45) is 3.09. The average molecular weight is 502 g/mol. The van der Waals surface area contributed by atoms with Crippen molar-refractivity contribution in [3.8, 4) is 0 Å². The first-order valence-electron chi connectivity index (χ1n) is 12.2. The minimum Gasteiger partial charge on any atom is -0.352 e. The summed E-state index contributed by atoms with van der Waals surface area (Å²) in [5.74, 6) is -0.661. The summed E-state index contributed by atoms with van der Waals surface area (Å²) >= 11 is 0. The van der Waals surface area contributed by atoms with Crippen LogP contribution in [0.2, 0.25) is 0 Å². The summed E-state index contributed by atoms with van der Waals surface area (Å²) in [6, 6.07) is 14.1. The third-order valence-electron chi connectivity index (χ3n) is 6.30. The summed E-state index contributed by atoms with van der Waals surface area (Å²) in [4.78, 5) is 28.4. The van der Waals surface area contributed by atoms with Crippen LogP contribution in [-0.2, 0) is 32.6 Å². The normalized spacial score (nSPS) is 13.1. The van der Waals surface area contributed by atoms with Gasteiger partial charge in [-0.15, -0.1) is 0 Å². The van der Waals surface area contributed by atoms with E-state index in [0.717, 1.165) is 40.1 Å². The predicted octanol–water partition coefficient (Wildman–Crippen LogP) is 4.05. The average Bonchev–Trinajstić information content (AvgIpc) is 2.82. The molecule has 0 aliphatic rings. The van der Waals surface area contributed by atoms with Crippen molar-refractivity contribution in [1.29, 1.82) is 0 Å². The van der Waals surface area contributed by atoms with Crippen LogP contribution in [0.25, 0.3) is 0 Å². The first-order chi connectivity index (χ1) is 16.5. The summed E-state index contributed by atoms with van der Waals surface area (Å²) in [7, 11) is -3.74. The van der Waals surface area contributed by atoms with Crippen LogP contribution < -0.4 is 9.62 Å². The predicted molar refractivity (Wildman–Crippen MR) is 142 cm³/mol. The van der Waals surface area contributed by atoms with Crippen LogP contribution in [0, 0.1) is 6.92 Å². The zero-order chi connectivity index (χ0) is 26.2. The number of anilines is 1. The van der Waals surface area contributed by atoms with Gasteiger partial charge in [0.1, 0.15) is 12.6 Å². The van der Waals surface area contributed by atoms with Gasteiger partial charge in [-0.25, -0.2) is 8.42 Å². The van der Waals surface area contributed by atoms with Crippen LogP contribution in [-0.4, -0.2) is 50.0 Å². The molecule has 2 aromatic carbocycles. The first-order valence-corrected chi connectivity index (χ1v) is 14.1. The standard InChI is InChI=1S/C27H39N3O4S/c1-7-21(5)28-27(32)25(9-3)29(18-23-13-11-10-12-20(23)4)26(31)19-30(35(6,33)34)24-16-14-22(8-2)15-17-24/h10-17,21,25H,7-9,18-19H2,1-6H3,(H,28,32)/t21-,25+/m1/s1. The Bertz CT molecular complexity index is 1100. The molecule has 0 radical (unpaired) electrons.